The van der Waals surface area contributed by atoms with E-state index in [0.29, 0.717) is 19.0 Å². The molecule has 2 heterocycles. The van der Waals surface area contributed by atoms with Gasteiger partial charge in [-0.3, -0.25) is 0 Å². The van der Waals surface area contributed by atoms with Crippen molar-refractivity contribution in [2.45, 2.75) is 38.9 Å². The summed E-state index contributed by atoms with van der Waals surface area (Å²) in [7, 11) is 1.65. The summed E-state index contributed by atoms with van der Waals surface area (Å²) in [4.78, 5) is 15.7. The van der Waals surface area contributed by atoms with Crippen molar-refractivity contribution in [3.63, 3.8) is 0 Å². The van der Waals surface area contributed by atoms with Crippen molar-refractivity contribution < 1.29 is 9.53 Å². The number of carbonyl (C=O) groups is 1. The van der Waals surface area contributed by atoms with E-state index in [0.717, 1.165) is 33.8 Å². The first-order valence-corrected chi connectivity index (χ1v) is 12.1. The maximum Gasteiger partial charge on any atom is 0.318 e. The molecule has 1 N–H and O–H groups in total. The van der Waals surface area contributed by atoms with Crippen LogP contribution in [0.5, 0.6) is 5.75 Å². The number of aromatic nitrogens is 1. The van der Waals surface area contributed by atoms with E-state index in [2.05, 4.69) is 78.5 Å². The smallest absolute Gasteiger partial charge is 0.318 e. The van der Waals surface area contributed by atoms with Crippen LogP contribution in [0, 0.1) is 0 Å². The molecule has 0 unspecified atom stereocenters. The van der Waals surface area contributed by atoms with E-state index in [1.807, 2.05) is 41.3 Å². The highest BCUT2D eigenvalue weighted by Gasteiger charge is 2.32. The lowest BCUT2D eigenvalue weighted by molar-refractivity contribution is 0.180. The molecule has 0 saturated heterocycles. The van der Waals surface area contributed by atoms with Crippen molar-refractivity contribution in [2.24, 2.45) is 0 Å². The first kappa shape index (κ1) is 22.8. The Kier molecular flexibility index (Phi) is 6.32. The predicted molar refractivity (Wildman–Crippen MR) is 139 cm³/mol. The molecular weight excluding hydrogens is 434 g/mol. The highest BCUT2D eigenvalue weighted by molar-refractivity contribution is 5.76. The van der Waals surface area contributed by atoms with Crippen LogP contribution >= 0.6 is 0 Å². The number of hydrogen-bond donors (Lipinski definition) is 1. The van der Waals surface area contributed by atoms with E-state index < -0.39 is 0 Å². The average molecular weight is 466 g/mol. The van der Waals surface area contributed by atoms with Crippen molar-refractivity contribution in [2.75, 3.05) is 7.11 Å². The molecular formula is C30H31N3O2. The van der Waals surface area contributed by atoms with Gasteiger partial charge in [-0.1, -0.05) is 68.4 Å². The first-order valence-electron chi connectivity index (χ1n) is 12.1. The Bertz CT molecular complexity index is 1320. The number of hydrogen-bond acceptors (Lipinski definition) is 2. The third-order valence-electron chi connectivity index (χ3n) is 6.72. The lowest BCUT2D eigenvalue weighted by atomic mass is 9.97. The first-order chi connectivity index (χ1) is 17.0. The summed E-state index contributed by atoms with van der Waals surface area (Å²) in [5.74, 6) is 1.23. The fourth-order valence-corrected chi connectivity index (χ4v) is 4.81. The Hall–Kier alpha value is -3.99. The maximum atomic E-state index is 13.8. The monoisotopic (exact) mass is 465 g/mol. The number of rotatable bonds is 5. The minimum absolute atomic E-state index is 0.102. The van der Waals surface area contributed by atoms with Crippen molar-refractivity contribution in [3.8, 4) is 11.4 Å². The van der Waals surface area contributed by atoms with Gasteiger partial charge < -0.3 is 19.5 Å². The van der Waals surface area contributed by atoms with Crippen LogP contribution in [0.3, 0.4) is 0 Å². The van der Waals surface area contributed by atoms with Crippen LogP contribution in [-0.2, 0) is 13.1 Å². The Morgan fingerprint density at radius 3 is 2.57 bits per heavy atom. The maximum absolute atomic E-state index is 13.8. The Morgan fingerprint density at radius 2 is 1.80 bits per heavy atom. The molecule has 5 rings (SSSR count). The molecule has 1 aliphatic heterocycles. The van der Waals surface area contributed by atoms with Crippen LogP contribution in [0.1, 0.15) is 53.8 Å². The lowest BCUT2D eigenvalue weighted by Gasteiger charge is -2.31. The number of carbonyl (C=O) groups excluding carboxylic acids is 1. The third-order valence-corrected chi connectivity index (χ3v) is 6.72. The third kappa shape index (κ3) is 4.54. The van der Waals surface area contributed by atoms with E-state index >= 15 is 0 Å². The van der Waals surface area contributed by atoms with Crippen molar-refractivity contribution in [1.82, 2.24) is 14.8 Å². The summed E-state index contributed by atoms with van der Waals surface area (Å²) >= 11 is 0. The topological polar surface area (TPSA) is 46.5 Å². The van der Waals surface area contributed by atoms with Gasteiger partial charge in [0, 0.05) is 18.4 Å². The summed E-state index contributed by atoms with van der Waals surface area (Å²) in [5, 5.41) is 3.15. The fourth-order valence-electron chi connectivity index (χ4n) is 4.81. The second-order valence-corrected chi connectivity index (χ2v) is 9.29. The molecule has 1 aromatic heterocycles. The highest BCUT2D eigenvalue weighted by atomic mass is 16.5. The quantitative estimate of drug-likeness (QED) is 0.369. The molecule has 5 nitrogen and oxygen atoms in total. The molecule has 1 atom stereocenters. The van der Waals surface area contributed by atoms with Crippen molar-refractivity contribution >= 4 is 6.03 Å². The fraction of sp³-hybridized carbons (Fsp3) is 0.233. The molecule has 0 bridgehead atoms. The largest absolute Gasteiger partial charge is 0.497 e. The molecule has 3 aromatic carbocycles. The molecule has 0 saturated carbocycles. The zero-order valence-corrected chi connectivity index (χ0v) is 20.4. The van der Waals surface area contributed by atoms with Crippen molar-refractivity contribution in [1.29, 1.82) is 0 Å². The number of nitrogens with one attached hydrogen (secondary N) is 1. The lowest BCUT2D eigenvalue weighted by Crippen LogP contribution is -2.41. The Balaban J connectivity index is 1.53. The van der Waals surface area contributed by atoms with Gasteiger partial charge in [-0.15, -0.1) is 0 Å². The minimum atomic E-state index is -0.219. The molecule has 4 aromatic rings. The summed E-state index contributed by atoms with van der Waals surface area (Å²) < 4.78 is 7.55. The summed E-state index contributed by atoms with van der Waals surface area (Å²) in [5.41, 5.74) is 6.67. The number of urea groups is 1. The number of nitrogens with zero attached hydrogens (tertiary/aromatic N) is 2. The number of amides is 2. The summed E-state index contributed by atoms with van der Waals surface area (Å²) in [6, 6.07) is 28.6. The standard InChI is InChI=1S/C30H31N3O2/c1-21(2)23-13-15-24(16-14-23)29-28-12-7-17-32(28)27-11-5-4-9-25(27)20-33(29)30(34)31-19-22-8-6-10-26(18-22)35-3/h4-18,21,29H,19-20H2,1-3H3,(H,31,34)/t29-/m1/s1. The van der Waals surface area contributed by atoms with Gasteiger partial charge in [0.1, 0.15) is 5.75 Å². The van der Waals surface area contributed by atoms with E-state index in [1.54, 1.807) is 7.11 Å². The summed E-state index contributed by atoms with van der Waals surface area (Å²) in [6.45, 7) is 5.33. The Morgan fingerprint density at radius 1 is 1.00 bits per heavy atom. The second kappa shape index (κ2) is 9.71. The number of benzene rings is 3. The predicted octanol–water partition coefficient (Wildman–Crippen LogP) is 6.42. The van der Waals surface area contributed by atoms with E-state index in [4.69, 9.17) is 4.74 Å². The molecule has 2 amide bonds. The zero-order chi connectivity index (χ0) is 24.4. The summed E-state index contributed by atoms with van der Waals surface area (Å²) in [6.07, 6.45) is 2.08. The van der Waals surface area contributed by atoms with Gasteiger partial charge in [-0.05, 0) is 58.5 Å². The van der Waals surface area contributed by atoms with E-state index in [-0.39, 0.29) is 12.1 Å². The van der Waals surface area contributed by atoms with Crippen LogP contribution in [0.2, 0.25) is 0 Å². The van der Waals surface area contributed by atoms with Crippen molar-refractivity contribution in [3.05, 3.63) is 119 Å². The van der Waals surface area contributed by atoms with E-state index in [9.17, 15) is 4.79 Å². The zero-order valence-electron chi connectivity index (χ0n) is 20.4. The van der Waals surface area contributed by atoms with Gasteiger partial charge in [0.15, 0.2) is 0 Å². The van der Waals surface area contributed by atoms with Gasteiger partial charge in [-0.25, -0.2) is 4.79 Å². The number of methoxy groups -OCH3 is 1. The molecule has 0 spiro atoms. The Labute approximate surface area is 207 Å². The van der Waals surface area contributed by atoms with Crippen LogP contribution in [0.25, 0.3) is 5.69 Å². The second-order valence-electron chi connectivity index (χ2n) is 9.29. The minimum Gasteiger partial charge on any atom is -0.497 e. The van der Waals surface area contributed by atoms with Gasteiger partial charge in [0.05, 0.1) is 25.4 Å². The van der Waals surface area contributed by atoms with Crippen LogP contribution in [0.15, 0.2) is 91.1 Å². The van der Waals surface area contributed by atoms with Gasteiger partial charge in [0.2, 0.25) is 0 Å². The van der Waals surface area contributed by atoms with Crippen LogP contribution in [0.4, 0.5) is 4.79 Å². The van der Waals surface area contributed by atoms with Crippen LogP contribution < -0.4 is 10.1 Å². The van der Waals surface area contributed by atoms with Gasteiger partial charge in [-0.2, -0.15) is 0 Å². The molecule has 178 valence electrons. The van der Waals surface area contributed by atoms with Crippen LogP contribution in [-0.4, -0.2) is 22.6 Å². The highest BCUT2D eigenvalue weighted by Crippen LogP contribution is 2.37. The normalized spacial score (nSPS) is 14.7. The number of fused-ring (bicyclic) bond motifs is 3. The van der Waals surface area contributed by atoms with E-state index in [1.165, 1.54) is 5.56 Å². The molecule has 0 radical (unpaired) electrons. The average Bonchev–Trinajstić information content (AvgIpc) is 3.31. The van der Waals surface area contributed by atoms with Gasteiger partial charge in [0.25, 0.3) is 0 Å². The molecule has 0 aliphatic carbocycles. The number of para-hydroxylation sites is 1. The molecule has 1 aliphatic rings. The van der Waals surface area contributed by atoms with Gasteiger partial charge >= 0.3 is 6.03 Å². The molecule has 35 heavy (non-hydrogen) atoms. The molecule has 5 heteroatoms. The molecule has 0 fully saturated rings. The number of ether oxygens (including phenoxy) is 1. The SMILES string of the molecule is COc1cccc(CNC(=O)N2Cc3ccccc3-n3cccc3[C@H]2c2ccc(C(C)C)cc2)c1.